The van der Waals surface area contributed by atoms with E-state index >= 15 is 0 Å². The van der Waals surface area contributed by atoms with Gasteiger partial charge in [-0.1, -0.05) is 50.2 Å². The van der Waals surface area contributed by atoms with Gasteiger partial charge in [0.05, 0.1) is 11.4 Å². The summed E-state index contributed by atoms with van der Waals surface area (Å²) in [5.41, 5.74) is 5.74. The summed E-state index contributed by atoms with van der Waals surface area (Å²) in [7, 11) is 0. The number of carbonyl (C=O) groups is 1. The number of amides is 2. The van der Waals surface area contributed by atoms with Crippen LogP contribution in [0.15, 0.2) is 76.7 Å². The zero-order chi connectivity index (χ0) is 30.5. The third-order valence-electron chi connectivity index (χ3n) is 8.99. The number of nitrogens with one attached hydrogen (secondary N) is 2. The molecule has 4 heterocycles. The van der Waals surface area contributed by atoms with E-state index in [1.54, 1.807) is 11.8 Å². The summed E-state index contributed by atoms with van der Waals surface area (Å²) in [5.74, 6) is 1.72. The van der Waals surface area contributed by atoms with Crippen LogP contribution in [0.25, 0.3) is 11.3 Å². The van der Waals surface area contributed by atoms with Crippen LogP contribution in [-0.4, -0.2) is 43.6 Å². The lowest BCUT2D eigenvalue weighted by Gasteiger charge is -2.31. The molecule has 1 aliphatic heterocycles. The predicted molar refractivity (Wildman–Crippen MR) is 173 cm³/mol. The smallest absolute Gasteiger partial charge is 0.324 e. The number of anilines is 2. The molecule has 0 spiro atoms. The van der Waals surface area contributed by atoms with E-state index in [0.29, 0.717) is 5.69 Å². The number of rotatable bonds is 6. The summed E-state index contributed by atoms with van der Waals surface area (Å²) in [4.78, 5) is 15.4. The van der Waals surface area contributed by atoms with Crippen LogP contribution >= 0.6 is 11.8 Å². The highest BCUT2D eigenvalue weighted by Gasteiger charge is 2.37. The fourth-order valence-electron chi connectivity index (χ4n) is 6.19. The maximum Gasteiger partial charge on any atom is 0.324 e. The fourth-order valence-corrected chi connectivity index (χ4v) is 7.03. The number of benzene rings is 2. The molecule has 0 atom stereocenters. The van der Waals surface area contributed by atoms with Gasteiger partial charge in [-0.25, -0.2) is 9.48 Å². The Balaban J connectivity index is 1.06. The molecule has 5 aromatic rings. The molecule has 0 bridgehead atoms. The molecule has 0 unspecified atom stereocenters. The van der Waals surface area contributed by atoms with Gasteiger partial charge < -0.3 is 10.1 Å². The van der Waals surface area contributed by atoms with E-state index < -0.39 is 0 Å². The van der Waals surface area contributed by atoms with Crippen molar-refractivity contribution in [3.05, 3.63) is 89.5 Å². The predicted octanol–water partition coefficient (Wildman–Crippen LogP) is 7.31. The molecule has 2 amide bonds. The van der Waals surface area contributed by atoms with Gasteiger partial charge in [0.2, 0.25) is 0 Å². The molecule has 0 radical (unpaired) electrons. The topological polar surface area (TPSA) is 98.4 Å². The number of fused-ring (bicyclic) bond motifs is 2. The normalized spacial score (nSPS) is 17.0. The summed E-state index contributed by atoms with van der Waals surface area (Å²) >= 11 is 1.66. The molecule has 2 aromatic carbocycles. The van der Waals surface area contributed by atoms with Crippen LogP contribution in [0, 0.1) is 6.92 Å². The van der Waals surface area contributed by atoms with E-state index in [4.69, 9.17) is 9.84 Å². The standard InChI is InChI=1S/C34H37N7O2S/c1-22-5-9-24(10-6-22)41-30(27-15-16-33(2,3)29(27)39-41)36-32(42)35-23-7-11-25(12-8-23)44-26-13-14-28-37-38-31(40(28)21-26)34(4)17-19-43-20-18-34/h5-14,21H,15-20H2,1-4H3,(H2,35,36,42). The highest BCUT2D eigenvalue weighted by molar-refractivity contribution is 7.99. The van der Waals surface area contributed by atoms with E-state index in [2.05, 4.69) is 77.3 Å². The molecule has 2 aliphatic rings. The molecule has 44 heavy (non-hydrogen) atoms. The molecule has 10 heteroatoms. The minimum Gasteiger partial charge on any atom is -0.381 e. The Morgan fingerprint density at radius 1 is 0.886 bits per heavy atom. The van der Waals surface area contributed by atoms with E-state index in [0.717, 1.165) is 82.9 Å². The number of nitrogens with zero attached hydrogens (tertiary/aromatic N) is 5. The van der Waals surface area contributed by atoms with Crippen LogP contribution in [0.5, 0.6) is 0 Å². The molecule has 1 aliphatic carbocycles. The molecule has 1 saturated heterocycles. The number of urea groups is 1. The second-order valence-corrected chi connectivity index (χ2v) is 13.9. The minimum atomic E-state index is -0.293. The van der Waals surface area contributed by atoms with Crippen molar-refractivity contribution in [2.75, 3.05) is 23.8 Å². The van der Waals surface area contributed by atoms with Crippen LogP contribution < -0.4 is 10.6 Å². The number of hydrogen-bond acceptors (Lipinski definition) is 6. The average molecular weight is 608 g/mol. The first-order valence-corrected chi connectivity index (χ1v) is 16.0. The third-order valence-corrected chi connectivity index (χ3v) is 9.98. The van der Waals surface area contributed by atoms with Gasteiger partial charge in [0, 0.05) is 51.3 Å². The van der Waals surface area contributed by atoms with Crippen molar-refractivity contribution in [3.8, 4) is 5.69 Å². The van der Waals surface area contributed by atoms with Crippen molar-refractivity contribution in [2.24, 2.45) is 0 Å². The Labute approximate surface area is 261 Å². The van der Waals surface area contributed by atoms with Crippen molar-refractivity contribution < 1.29 is 9.53 Å². The quantitative estimate of drug-likeness (QED) is 0.210. The SMILES string of the molecule is Cc1ccc(-n2nc3c(c2NC(=O)Nc2ccc(Sc4ccc5nnc(C6(C)CCOCC6)n5c4)cc2)CCC3(C)C)cc1. The van der Waals surface area contributed by atoms with Gasteiger partial charge >= 0.3 is 6.03 Å². The van der Waals surface area contributed by atoms with Gasteiger partial charge in [-0.3, -0.25) is 9.72 Å². The second kappa shape index (κ2) is 11.1. The summed E-state index contributed by atoms with van der Waals surface area (Å²) in [6.07, 6.45) is 5.87. The largest absolute Gasteiger partial charge is 0.381 e. The van der Waals surface area contributed by atoms with Crippen molar-refractivity contribution in [1.82, 2.24) is 24.4 Å². The summed E-state index contributed by atoms with van der Waals surface area (Å²) in [6.45, 7) is 10.2. The van der Waals surface area contributed by atoms with Gasteiger partial charge in [-0.15, -0.1) is 10.2 Å². The van der Waals surface area contributed by atoms with Crippen LogP contribution in [0.1, 0.15) is 62.7 Å². The fraction of sp³-hybridized carbons (Fsp3) is 0.353. The highest BCUT2D eigenvalue weighted by atomic mass is 32.2. The van der Waals surface area contributed by atoms with Crippen LogP contribution in [0.2, 0.25) is 0 Å². The van der Waals surface area contributed by atoms with E-state index in [1.165, 1.54) is 5.56 Å². The number of pyridine rings is 1. The maximum atomic E-state index is 13.3. The molecular formula is C34H37N7O2S. The maximum absolute atomic E-state index is 13.3. The molecule has 0 saturated carbocycles. The first-order chi connectivity index (χ1) is 21.2. The Morgan fingerprint density at radius 2 is 1.61 bits per heavy atom. The molecule has 7 rings (SSSR count). The van der Waals surface area contributed by atoms with Gasteiger partial charge in [0.1, 0.15) is 11.6 Å². The second-order valence-electron chi connectivity index (χ2n) is 12.8. The molecule has 226 valence electrons. The summed E-state index contributed by atoms with van der Waals surface area (Å²) in [6, 6.07) is 19.9. The van der Waals surface area contributed by atoms with Crippen molar-refractivity contribution in [2.45, 2.75) is 74.0 Å². The van der Waals surface area contributed by atoms with Crippen molar-refractivity contribution >= 4 is 34.9 Å². The van der Waals surface area contributed by atoms with Crippen molar-refractivity contribution in [1.29, 1.82) is 0 Å². The monoisotopic (exact) mass is 607 g/mol. The average Bonchev–Trinajstić information content (AvgIpc) is 3.68. The van der Waals surface area contributed by atoms with Crippen LogP contribution in [-0.2, 0) is 22.0 Å². The van der Waals surface area contributed by atoms with Gasteiger partial charge in [-0.05, 0) is 81.1 Å². The third kappa shape index (κ3) is 5.37. The first-order valence-electron chi connectivity index (χ1n) is 15.2. The summed E-state index contributed by atoms with van der Waals surface area (Å²) < 4.78 is 9.58. The van der Waals surface area contributed by atoms with E-state index in [-0.39, 0.29) is 16.9 Å². The first kappa shape index (κ1) is 28.6. The Kier molecular flexibility index (Phi) is 7.21. The summed E-state index contributed by atoms with van der Waals surface area (Å²) in [5, 5.41) is 20.1. The highest BCUT2D eigenvalue weighted by Crippen LogP contribution is 2.42. The van der Waals surface area contributed by atoms with E-state index in [1.807, 2.05) is 47.1 Å². The number of ether oxygens (including phenoxy) is 1. The Bertz CT molecular complexity index is 1830. The lowest BCUT2D eigenvalue weighted by atomic mass is 9.81. The zero-order valence-corrected chi connectivity index (χ0v) is 26.4. The molecule has 9 nitrogen and oxygen atoms in total. The van der Waals surface area contributed by atoms with Gasteiger partial charge in [-0.2, -0.15) is 5.10 Å². The molecular weight excluding hydrogens is 570 g/mol. The lowest BCUT2D eigenvalue weighted by Crippen LogP contribution is -2.32. The molecule has 3 aromatic heterocycles. The van der Waals surface area contributed by atoms with Crippen molar-refractivity contribution in [3.63, 3.8) is 0 Å². The lowest BCUT2D eigenvalue weighted by molar-refractivity contribution is 0.0532. The molecule has 2 N–H and O–H groups in total. The zero-order valence-electron chi connectivity index (χ0n) is 25.6. The van der Waals surface area contributed by atoms with Crippen LogP contribution in [0.3, 0.4) is 0 Å². The van der Waals surface area contributed by atoms with Crippen LogP contribution in [0.4, 0.5) is 16.3 Å². The Morgan fingerprint density at radius 3 is 2.36 bits per heavy atom. The molecule has 1 fully saturated rings. The number of carbonyl (C=O) groups excluding carboxylic acids is 1. The minimum absolute atomic E-state index is 0.0328. The van der Waals surface area contributed by atoms with E-state index in [9.17, 15) is 4.79 Å². The van der Waals surface area contributed by atoms with Gasteiger partial charge in [0.15, 0.2) is 5.65 Å². The number of aromatic nitrogens is 5. The Hall–Kier alpha value is -4.15. The number of aryl methyl sites for hydroxylation is 1. The number of hydrogen-bond donors (Lipinski definition) is 2. The van der Waals surface area contributed by atoms with Gasteiger partial charge in [0.25, 0.3) is 0 Å².